The number of hydrogen-bond acceptors (Lipinski definition) is 4. The lowest BCUT2D eigenvalue weighted by atomic mass is 9.96. The van der Waals surface area contributed by atoms with Crippen LogP contribution in [-0.2, 0) is 4.74 Å². The third kappa shape index (κ3) is 2.71. The summed E-state index contributed by atoms with van der Waals surface area (Å²) in [6.45, 7) is 9.09. The quantitative estimate of drug-likeness (QED) is 0.899. The molecule has 17 heavy (non-hydrogen) atoms. The van der Waals surface area contributed by atoms with Gasteiger partial charge in [-0.25, -0.2) is 0 Å². The van der Waals surface area contributed by atoms with Crippen molar-refractivity contribution in [2.24, 2.45) is 5.73 Å². The molecule has 1 aromatic heterocycles. The van der Waals surface area contributed by atoms with E-state index in [9.17, 15) is 0 Å². The first-order chi connectivity index (χ1) is 8.02. The van der Waals surface area contributed by atoms with Gasteiger partial charge in [0.2, 0.25) is 0 Å². The van der Waals surface area contributed by atoms with Gasteiger partial charge < -0.3 is 10.5 Å². The molecule has 0 aliphatic carbocycles. The predicted octanol–water partition coefficient (Wildman–Crippen LogP) is 2.25. The molecule has 3 nitrogen and oxygen atoms in total. The van der Waals surface area contributed by atoms with E-state index in [0.717, 1.165) is 19.8 Å². The maximum absolute atomic E-state index is 6.20. The lowest BCUT2D eigenvalue weighted by Crippen LogP contribution is -2.57. The lowest BCUT2D eigenvalue weighted by Gasteiger charge is -2.47. The fourth-order valence-corrected chi connectivity index (χ4v) is 3.49. The topological polar surface area (TPSA) is 38.5 Å². The van der Waals surface area contributed by atoms with E-state index in [4.69, 9.17) is 10.5 Å². The zero-order valence-electron chi connectivity index (χ0n) is 10.8. The first-order valence-electron chi connectivity index (χ1n) is 6.16. The van der Waals surface area contributed by atoms with Gasteiger partial charge in [0, 0.05) is 23.0 Å². The van der Waals surface area contributed by atoms with Gasteiger partial charge in [-0.2, -0.15) is 0 Å². The van der Waals surface area contributed by atoms with E-state index in [1.807, 2.05) is 0 Å². The molecule has 2 N–H and O–H groups in total. The summed E-state index contributed by atoms with van der Waals surface area (Å²) < 4.78 is 5.58. The number of rotatable bonds is 3. The van der Waals surface area contributed by atoms with Crippen molar-refractivity contribution in [1.29, 1.82) is 0 Å². The van der Waals surface area contributed by atoms with Crippen molar-refractivity contribution >= 4 is 11.3 Å². The molecule has 0 aromatic carbocycles. The van der Waals surface area contributed by atoms with Crippen molar-refractivity contribution in [3.63, 3.8) is 0 Å². The van der Waals surface area contributed by atoms with Crippen LogP contribution in [0.4, 0.5) is 0 Å². The van der Waals surface area contributed by atoms with Crippen LogP contribution in [-0.4, -0.2) is 36.2 Å². The van der Waals surface area contributed by atoms with E-state index in [-0.39, 0.29) is 11.6 Å². The Morgan fingerprint density at radius 3 is 2.82 bits per heavy atom. The third-order valence-corrected chi connectivity index (χ3v) is 4.32. The first kappa shape index (κ1) is 13.0. The maximum Gasteiger partial charge on any atom is 0.0645 e. The van der Waals surface area contributed by atoms with Crippen molar-refractivity contribution in [2.75, 3.05) is 19.8 Å². The highest BCUT2D eigenvalue weighted by molar-refractivity contribution is 7.10. The molecule has 1 aliphatic rings. The van der Waals surface area contributed by atoms with Gasteiger partial charge in [0.25, 0.3) is 0 Å². The molecule has 2 heterocycles. The molecule has 1 aliphatic heterocycles. The largest absolute Gasteiger partial charge is 0.378 e. The van der Waals surface area contributed by atoms with Crippen LogP contribution in [0.2, 0.25) is 0 Å². The van der Waals surface area contributed by atoms with E-state index >= 15 is 0 Å². The molecular formula is C13H22N2OS. The zero-order chi connectivity index (χ0) is 12.5. The molecule has 1 saturated heterocycles. The van der Waals surface area contributed by atoms with Crippen LogP contribution < -0.4 is 5.73 Å². The monoisotopic (exact) mass is 254 g/mol. The van der Waals surface area contributed by atoms with Gasteiger partial charge in [0.05, 0.1) is 19.3 Å². The minimum Gasteiger partial charge on any atom is -0.378 e. The molecule has 1 aromatic rings. The Hall–Kier alpha value is -0.420. The normalized spacial score (nSPS) is 24.5. The number of morpholine rings is 1. The van der Waals surface area contributed by atoms with E-state index in [1.54, 1.807) is 11.3 Å². The fourth-order valence-electron chi connectivity index (χ4n) is 2.54. The van der Waals surface area contributed by atoms with E-state index in [1.165, 1.54) is 4.88 Å². The van der Waals surface area contributed by atoms with Crippen LogP contribution in [0.5, 0.6) is 0 Å². The number of nitrogens with zero attached hydrogens (tertiary/aromatic N) is 1. The molecular weight excluding hydrogens is 232 g/mol. The number of hydrogen-bond donors (Lipinski definition) is 1. The Morgan fingerprint density at radius 2 is 2.29 bits per heavy atom. The molecule has 0 saturated carbocycles. The van der Waals surface area contributed by atoms with Gasteiger partial charge >= 0.3 is 0 Å². The highest BCUT2D eigenvalue weighted by atomic mass is 32.1. The molecule has 0 spiro atoms. The average Bonchev–Trinajstić information content (AvgIpc) is 2.73. The Kier molecular flexibility index (Phi) is 3.88. The second-order valence-electron chi connectivity index (χ2n) is 5.38. The van der Waals surface area contributed by atoms with Crippen LogP contribution in [0.25, 0.3) is 0 Å². The van der Waals surface area contributed by atoms with Crippen LogP contribution in [0, 0.1) is 0 Å². The summed E-state index contributed by atoms with van der Waals surface area (Å²) in [5.41, 5.74) is 6.26. The van der Waals surface area contributed by atoms with Crippen molar-refractivity contribution in [3.8, 4) is 0 Å². The highest BCUT2D eigenvalue weighted by Gasteiger charge is 2.38. The summed E-state index contributed by atoms with van der Waals surface area (Å²) in [7, 11) is 0. The lowest BCUT2D eigenvalue weighted by molar-refractivity contribution is -0.0759. The predicted molar refractivity (Wildman–Crippen MR) is 72.3 cm³/mol. The van der Waals surface area contributed by atoms with Crippen LogP contribution in [0.1, 0.15) is 31.7 Å². The molecule has 2 unspecified atom stereocenters. The zero-order valence-corrected chi connectivity index (χ0v) is 11.7. The summed E-state index contributed by atoms with van der Waals surface area (Å²) in [6, 6.07) is 4.72. The Balaban J connectivity index is 2.27. The van der Waals surface area contributed by atoms with E-state index in [0.29, 0.717) is 6.04 Å². The maximum atomic E-state index is 6.20. The number of nitrogens with two attached hydrogens (primary N) is 1. The minimum absolute atomic E-state index is 0.0561. The van der Waals surface area contributed by atoms with Gasteiger partial charge in [0.1, 0.15) is 0 Å². The third-order valence-electron chi connectivity index (χ3n) is 3.38. The molecule has 2 atom stereocenters. The van der Waals surface area contributed by atoms with Gasteiger partial charge in [-0.3, -0.25) is 4.90 Å². The summed E-state index contributed by atoms with van der Waals surface area (Å²) in [4.78, 5) is 3.85. The molecule has 0 amide bonds. The molecule has 0 radical (unpaired) electrons. The number of ether oxygens (including phenoxy) is 1. The Labute approximate surface area is 108 Å². The first-order valence-corrected chi connectivity index (χ1v) is 7.04. The van der Waals surface area contributed by atoms with Crippen molar-refractivity contribution < 1.29 is 4.74 Å². The molecule has 0 bridgehead atoms. The fraction of sp³-hybridized carbons (Fsp3) is 0.692. The minimum atomic E-state index is 0.0561. The molecule has 4 heteroatoms. The Bertz CT molecular complexity index is 348. The van der Waals surface area contributed by atoms with Crippen molar-refractivity contribution in [2.45, 2.75) is 38.4 Å². The highest BCUT2D eigenvalue weighted by Crippen LogP contribution is 2.34. The summed E-state index contributed by atoms with van der Waals surface area (Å²) in [5, 5.41) is 2.12. The average molecular weight is 254 g/mol. The smallest absolute Gasteiger partial charge is 0.0645 e. The van der Waals surface area contributed by atoms with Crippen molar-refractivity contribution in [3.05, 3.63) is 22.4 Å². The van der Waals surface area contributed by atoms with Gasteiger partial charge in [-0.05, 0) is 32.2 Å². The van der Waals surface area contributed by atoms with Gasteiger partial charge in [-0.15, -0.1) is 11.3 Å². The van der Waals surface area contributed by atoms with Crippen LogP contribution >= 0.6 is 11.3 Å². The second-order valence-corrected chi connectivity index (χ2v) is 6.36. The van der Waals surface area contributed by atoms with Gasteiger partial charge in [-0.1, -0.05) is 6.07 Å². The standard InChI is InChI=1S/C13H22N2OS/c1-10(14)12(11-5-4-8-17-11)15-6-7-16-9-13(15,2)3/h4-5,8,10,12H,6-7,9,14H2,1-3H3. The van der Waals surface area contributed by atoms with Crippen molar-refractivity contribution in [1.82, 2.24) is 4.90 Å². The van der Waals surface area contributed by atoms with E-state index in [2.05, 4.69) is 43.2 Å². The summed E-state index contributed by atoms with van der Waals surface area (Å²) in [5.74, 6) is 0. The summed E-state index contributed by atoms with van der Waals surface area (Å²) >= 11 is 1.79. The van der Waals surface area contributed by atoms with Crippen LogP contribution in [0.15, 0.2) is 17.5 Å². The SMILES string of the molecule is CC(N)C(c1cccs1)N1CCOCC1(C)C. The second kappa shape index (κ2) is 5.06. The number of thiophene rings is 1. The van der Waals surface area contributed by atoms with E-state index < -0.39 is 0 Å². The molecule has 1 fully saturated rings. The van der Waals surface area contributed by atoms with Gasteiger partial charge in [0.15, 0.2) is 0 Å². The van der Waals surface area contributed by atoms with Crippen LogP contribution in [0.3, 0.4) is 0 Å². The molecule has 96 valence electrons. The molecule has 2 rings (SSSR count). The summed E-state index contributed by atoms with van der Waals surface area (Å²) in [6.07, 6.45) is 0. The Morgan fingerprint density at radius 1 is 1.53 bits per heavy atom.